The minimum absolute atomic E-state index is 0.705. The average Bonchev–Trinajstić information content (AvgIpc) is 2.19. The largest absolute Gasteiger partial charge is 0.313 e. The molecule has 0 spiro atoms. The fourth-order valence-corrected chi connectivity index (χ4v) is 2.85. The second-order valence-electron chi connectivity index (χ2n) is 3.90. The Labute approximate surface area is 94.4 Å². The summed E-state index contributed by atoms with van der Waals surface area (Å²) in [5.41, 5.74) is 0. The lowest BCUT2D eigenvalue weighted by atomic mass is 10.1. The maximum absolute atomic E-state index is 3.62. The van der Waals surface area contributed by atoms with E-state index in [0.717, 1.165) is 11.8 Å². The highest BCUT2D eigenvalue weighted by atomic mass is 32.2. The van der Waals surface area contributed by atoms with Crippen LogP contribution >= 0.6 is 11.8 Å². The van der Waals surface area contributed by atoms with E-state index in [1.165, 1.54) is 31.4 Å². The lowest BCUT2D eigenvalue weighted by Crippen LogP contribution is -2.36. The highest BCUT2D eigenvalue weighted by Crippen LogP contribution is 2.17. The molecule has 0 radical (unpaired) electrons. The van der Waals surface area contributed by atoms with Gasteiger partial charge in [-0.05, 0) is 31.6 Å². The molecule has 0 aromatic heterocycles. The van der Waals surface area contributed by atoms with Crippen LogP contribution in [0, 0.1) is 0 Å². The van der Waals surface area contributed by atoms with Crippen LogP contribution in [0.15, 0.2) is 0 Å². The normalized spacial score (nSPS) is 15.4. The van der Waals surface area contributed by atoms with Crippen molar-refractivity contribution in [1.82, 2.24) is 5.32 Å². The van der Waals surface area contributed by atoms with Crippen LogP contribution in [0.5, 0.6) is 0 Å². The van der Waals surface area contributed by atoms with Gasteiger partial charge in [0.05, 0.1) is 0 Å². The van der Waals surface area contributed by atoms with E-state index in [0.29, 0.717) is 6.04 Å². The Morgan fingerprint density at radius 2 is 1.86 bits per heavy atom. The third kappa shape index (κ3) is 6.72. The van der Waals surface area contributed by atoms with Crippen LogP contribution < -0.4 is 5.32 Å². The molecule has 0 aliphatic carbocycles. The molecule has 14 heavy (non-hydrogen) atoms. The summed E-state index contributed by atoms with van der Waals surface area (Å²) in [6, 6.07) is 0.705. The molecule has 0 saturated carbocycles. The van der Waals surface area contributed by atoms with Gasteiger partial charge in [-0.1, -0.05) is 34.1 Å². The Balaban J connectivity index is 3.61. The SMILES string of the molecule is CCCCSC(C)C(CC)NCCC. The van der Waals surface area contributed by atoms with Crippen molar-refractivity contribution in [3.8, 4) is 0 Å². The molecular weight excluding hydrogens is 190 g/mol. The van der Waals surface area contributed by atoms with E-state index in [4.69, 9.17) is 0 Å². The van der Waals surface area contributed by atoms with Crippen molar-refractivity contribution in [3.63, 3.8) is 0 Å². The molecular formula is C12H27NS. The molecule has 0 aromatic carbocycles. The third-order valence-electron chi connectivity index (χ3n) is 2.54. The minimum atomic E-state index is 0.705. The molecule has 0 aromatic rings. The molecule has 0 fully saturated rings. The number of hydrogen-bond acceptors (Lipinski definition) is 2. The van der Waals surface area contributed by atoms with E-state index in [2.05, 4.69) is 44.8 Å². The lowest BCUT2D eigenvalue weighted by molar-refractivity contribution is 0.493. The Morgan fingerprint density at radius 1 is 1.14 bits per heavy atom. The first-order valence-corrected chi connectivity index (χ1v) is 7.16. The van der Waals surface area contributed by atoms with Crippen LogP contribution in [0.1, 0.15) is 53.4 Å². The zero-order valence-corrected chi connectivity index (χ0v) is 11.1. The van der Waals surface area contributed by atoms with Gasteiger partial charge in [0.15, 0.2) is 0 Å². The second-order valence-corrected chi connectivity index (χ2v) is 5.38. The van der Waals surface area contributed by atoms with Crippen LogP contribution in [-0.4, -0.2) is 23.6 Å². The van der Waals surface area contributed by atoms with Gasteiger partial charge in [-0.15, -0.1) is 0 Å². The highest BCUT2D eigenvalue weighted by Gasteiger charge is 2.13. The molecule has 0 aliphatic heterocycles. The van der Waals surface area contributed by atoms with Crippen LogP contribution in [0.25, 0.3) is 0 Å². The van der Waals surface area contributed by atoms with Crippen molar-refractivity contribution in [2.75, 3.05) is 12.3 Å². The Kier molecular flexibility index (Phi) is 10.1. The smallest absolute Gasteiger partial charge is 0.0181 e. The van der Waals surface area contributed by atoms with Crippen molar-refractivity contribution >= 4 is 11.8 Å². The van der Waals surface area contributed by atoms with Gasteiger partial charge in [-0.2, -0.15) is 11.8 Å². The first-order valence-electron chi connectivity index (χ1n) is 6.11. The van der Waals surface area contributed by atoms with Crippen molar-refractivity contribution in [2.45, 2.75) is 64.7 Å². The average molecular weight is 217 g/mol. The van der Waals surface area contributed by atoms with Gasteiger partial charge in [-0.3, -0.25) is 0 Å². The fraction of sp³-hybridized carbons (Fsp3) is 1.00. The van der Waals surface area contributed by atoms with Gasteiger partial charge in [-0.25, -0.2) is 0 Å². The summed E-state index contributed by atoms with van der Waals surface area (Å²) >= 11 is 2.12. The number of hydrogen-bond donors (Lipinski definition) is 1. The van der Waals surface area contributed by atoms with E-state index < -0.39 is 0 Å². The van der Waals surface area contributed by atoms with Crippen molar-refractivity contribution in [2.24, 2.45) is 0 Å². The van der Waals surface area contributed by atoms with Crippen molar-refractivity contribution in [3.05, 3.63) is 0 Å². The van der Waals surface area contributed by atoms with Crippen molar-refractivity contribution < 1.29 is 0 Å². The Bertz CT molecular complexity index is 117. The summed E-state index contributed by atoms with van der Waals surface area (Å²) in [5.74, 6) is 1.32. The van der Waals surface area contributed by atoms with Gasteiger partial charge in [0.2, 0.25) is 0 Å². The summed E-state index contributed by atoms with van der Waals surface area (Å²) in [5, 5.41) is 4.39. The van der Waals surface area contributed by atoms with Gasteiger partial charge < -0.3 is 5.32 Å². The zero-order chi connectivity index (χ0) is 10.8. The molecule has 2 unspecified atom stereocenters. The van der Waals surface area contributed by atoms with E-state index in [1.54, 1.807) is 0 Å². The van der Waals surface area contributed by atoms with Crippen molar-refractivity contribution in [1.29, 1.82) is 0 Å². The Hall–Kier alpha value is 0.310. The molecule has 86 valence electrons. The summed E-state index contributed by atoms with van der Waals surface area (Å²) in [6.07, 6.45) is 5.17. The van der Waals surface area contributed by atoms with E-state index >= 15 is 0 Å². The van der Waals surface area contributed by atoms with Gasteiger partial charge in [0.1, 0.15) is 0 Å². The molecule has 0 amide bonds. The molecule has 1 N–H and O–H groups in total. The molecule has 2 heteroatoms. The molecule has 0 aliphatic rings. The fourth-order valence-electron chi connectivity index (χ4n) is 1.50. The lowest BCUT2D eigenvalue weighted by Gasteiger charge is -2.23. The zero-order valence-electron chi connectivity index (χ0n) is 10.3. The van der Waals surface area contributed by atoms with E-state index in [1.807, 2.05) is 0 Å². The van der Waals surface area contributed by atoms with Crippen LogP contribution in [-0.2, 0) is 0 Å². The van der Waals surface area contributed by atoms with Gasteiger partial charge >= 0.3 is 0 Å². The van der Waals surface area contributed by atoms with Crippen LogP contribution in [0.4, 0.5) is 0 Å². The van der Waals surface area contributed by atoms with Crippen LogP contribution in [0.3, 0.4) is 0 Å². The second kappa shape index (κ2) is 9.85. The number of rotatable bonds is 9. The number of nitrogens with one attached hydrogen (secondary N) is 1. The van der Waals surface area contributed by atoms with E-state index in [9.17, 15) is 0 Å². The van der Waals surface area contributed by atoms with E-state index in [-0.39, 0.29) is 0 Å². The predicted molar refractivity (Wildman–Crippen MR) is 69.2 cm³/mol. The maximum atomic E-state index is 3.62. The molecule has 0 bridgehead atoms. The summed E-state index contributed by atoms with van der Waals surface area (Å²) < 4.78 is 0. The molecule has 1 nitrogen and oxygen atoms in total. The third-order valence-corrected chi connectivity index (χ3v) is 3.92. The summed E-state index contributed by atoms with van der Waals surface area (Å²) in [7, 11) is 0. The molecule has 0 saturated heterocycles. The molecule has 0 heterocycles. The minimum Gasteiger partial charge on any atom is -0.313 e. The van der Waals surface area contributed by atoms with Gasteiger partial charge in [0.25, 0.3) is 0 Å². The van der Waals surface area contributed by atoms with Gasteiger partial charge in [0, 0.05) is 11.3 Å². The molecule has 2 atom stereocenters. The Morgan fingerprint density at radius 3 is 2.36 bits per heavy atom. The topological polar surface area (TPSA) is 12.0 Å². The highest BCUT2D eigenvalue weighted by molar-refractivity contribution is 7.99. The first kappa shape index (κ1) is 14.3. The maximum Gasteiger partial charge on any atom is 0.0181 e. The standard InChI is InChI=1S/C12H27NS/c1-5-8-10-14-11(4)12(7-3)13-9-6-2/h11-13H,5-10H2,1-4H3. The number of unbranched alkanes of at least 4 members (excludes halogenated alkanes) is 1. The molecule has 0 rings (SSSR count). The predicted octanol–water partition coefficient (Wildman–Crippen LogP) is 3.69. The monoisotopic (exact) mass is 217 g/mol. The number of thioether (sulfide) groups is 1. The quantitative estimate of drug-likeness (QED) is 0.591. The summed E-state index contributed by atoms with van der Waals surface area (Å²) in [4.78, 5) is 0. The first-order chi connectivity index (χ1) is 6.76. The van der Waals surface area contributed by atoms with Crippen LogP contribution in [0.2, 0.25) is 0 Å². The summed E-state index contributed by atoms with van der Waals surface area (Å²) in [6.45, 7) is 10.3.